The van der Waals surface area contributed by atoms with Gasteiger partial charge in [-0.3, -0.25) is 14.9 Å². The molecule has 2 atom stereocenters. The van der Waals surface area contributed by atoms with E-state index in [0.29, 0.717) is 5.56 Å². The normalized spacial score (nSPS) is 15.0. The number of Topliss-reactive ketones (excluding diaryl/α,β-unsaturated/α-hetero) is 1. The van der Waals surface area contributed by atoms with Crippen LogP contribution in [-0.4, -0.2) is 46.6 Å². The van der Waals surface area contributed by atoms with Crippen molar-refractivity contribution in [3.05, 3.63) is 35.9 Å². The van der Waals surface area contributed by atoms with Crippen molar-refractivity contribution in [3.63, 3.8) is 0 Å². The summed E-state index contributed by atoms with van der Waals surface area (Å²) in [5, 5.41) is 20.6. The number of benzene rings is 1. The average Bonchev–Trinajstić information content (AvgIpc) is 2.44. The number of likely N-dealkylation sites (N-methyl/N-ethyl adjacent to an activating group) is 1. The highest BCUT2D eigenvalue weighted by molar-refractivity contribution is 6.11. The molecular formula is C14H18N2O5. The zero-order chi connectivity index (χ0) is 16.0. The molecule has 7 heteroatoms. The fraction of sp³-hybridized carbons (Fsp3) is 0.357. The molecule has 0 heterocycles. The van der Waals surface area contributed by atoms with Gasteiger partial charge in [0.1, 0.15) is 0 Å². The van der Waals surface area contributed by atoms with Gasteiger partial charge in [0.25, 0.3) is 0 Å². The number of nitrogens with two attached hydrogens (primary N) is 1. The summed E-state index contributed by atoms with van der Waals surface area (Å²) in [6.07, 6.45) is -0.740. The minimum Gasteiger partial charge on any atom is -0.481 e. The van der Waals surface area contributed by atoms with E-state index in [4.69, 9.17) is 10.8 Å². The third-order valence-corrected chi connectivity index (χ3v) is 3.26. The van der Waals surface area contributed by atoms with Gasteiger partial charge in [0.2, 0.25) is 0 Å². The van der Waals surface area contributed by atoms with Gasteiger partial charge in [-0.25, -0.2) is 4.79 Å². The Kier molecular flexibility index (Phi) is 5.57. The molecule has 0 spiro atoms. The third kappa shape index (κ3) is 3.87. The molecule has 5 N–H and O–H groups in total. The number of carboxylic acids is 2. The Balaban J connectivity index is 3.11. The quantitative estimate of drug-likeness (QED) is 0.482. The highest BCUT2D eigenvalue weighted by Gasteiger charge is 2.47. The van der Waals surface area contributed by atoms with Crippen molar-refractivity contribution >= 4 is 17.7 Å². The number of nitrogens with one attached hydrogen (secondary N) is 1. The van der Waals surface area contributed by atoms with E-state index in [1.807, 2.05) is 0 Å². The van der Waals surface area contributed by atoms with Gasteiger partial charge in [-0.05, 0) is 12.6 Å². The van der Waals surface area contributed by atoms with Crippen LogP contribution in [0.25, 0.3) is 0 Å². The van der Waals surface area contributed by atoms with Crippen molar-refractivity contribution in [1.29, 1.82) is 0 Å². The summed E-state index contributed by atoms with van der Waals surface area (Å²) in [4.78, 5) is 34.6. The number of hydrogen-bond donors (Lipinski definition) is 4. The fourth-order valence-corrected chi connectivity index (χ4v) is 2.09. The van der Waals surface area contributed by atoms with Gasteiger partial charge in [-0.1, -0.05) is 30.3 Å². The van der Waals surface area contributed by atoms with Crippen LogP contribution in [0.1, 0.15) is 12.0 Å². The molecule has 114 valence electrons. The number of ketones is 1. The van der Waals surface area contributed by atoms with E-state index in [1.165, 1.54) is 7.05 Å². The van der Waals surface area contributed by atoms with Gasteiger partial charge in [-0.15, -0.1) is 0 Å². The van der Waals surface area contributed by atoms with E-state index in [2.05, 4.69) is 5.32 Å². The summed E-state index contributed by atoms with van der Waals surface area (Å²) in [6.45, 7) is 0. The van der Waals surface area contributed by atoms with Gasteiger partial charge in [0.15, 0.2) is 11.3 Å². The second-order valence-corrected chi connectivity index (χ2v) is 4.69. The first-order valence-electron chi connectivity index (χ1n) is 6.31. The largest absolute Gasteiger partial charge is 0.481 e. The van der Waals surface area contributed by atoms with E-state index < -0.39 is 35.7 Å². The van der Waals surface area contributed by atoms with E-state index in [-0.39, 0.29) is 6.42 Å². The predicted molar refractivity (Wildman–Crippen MR) is 74.8 cm³/mol. The number of hydrogen-bond acceptors (Lipinski definition) is 5. The SMILES string of the molecule is CN[C@@](Cc1ccccc1)(C(=O)O)C(=O)[C@@H](N)CC(=O)O. The van der Waals surface area contributed by atoms with Crippen molar-refractivity contribution in [1.82, 2.24) is 5.32 Å². The average molecular weight is 294 g/mol. The lowest BCUT2D eigenvalue weighted by molar-refractivity contribution is -0.152. The number of carboxylic acid groups (broad SMARTS) is 2. The lowest BCUT2D eigenvalue weighted by atomic mass is 9.83. The first-order valence-corrected chi connectivity index (χ1v) is 6.31. The van der Waals surface area contributed by atoms with Crippen LogP contribution >= 0.6 is 0 Å². The summed E-state index contributed by atoms with van der Waals surface area (Å²) in [5.74, 6) is -3.51. The number of carbonyl (C=O) groups is 3. The smallest absolute Gasteiger partial charge is 0.332 e. The van der Waals surface area contributed by atoms with Crippen LogP contribution in [0.4, 0.5) is 0 Å². The maximum Gasteiger partial charge on any atom is 0.332 e. The summed E-state index contributed by atoms with van der Waals surface area (Å²) in [5.41, 5.74) is 4.22. The highest BCUT2D eigenvalue weighted by atomic mass is 16.4. The zero-order valence-corrected chi connectivity index (χ0v) is 11.6. The third-order valence-electron chi connectivity index (χ3n) is 3.26. The number of aliphatic carboxylic acids is 2. The van der Waals surface area contributed by atoms with Gasteiger partial charge in [-0.2, -0.15) is 0 Å². The number of carbonyl (C=O) groups excluding carboxylic acids is 1. The molecule has 21 heavy (non-hydrogen) atoms. The molecular weight excluding hydrogens is 276 g/mol. The lowest BCUT2D eigenvalue weighted by Gasteiger charge is -2.29. The molecule has 0 saturated carbocycles. The molecule has 0 aliphatic heterocycles. The molecule has 0 aromatic heterocycles. The van der Waals surface area contributed by atoms with Crippen LogP contribution in [0.3, 0.4) is 0 Å². The summed E-state index contributed by atoms with van der Waals surface area (Å²) >= 11 is 0. The fourth-order valence-electron chi connectivity index (χ4n) is 2.09. The van der Waals surface area contributed by atoms with Crippen LogP contribution in [0, 0.1) is 0 Å². The van der Waals surface area contributed by atoms with Crippen LogP contribution in [-0.2, 0) is 20.8 Å². The van der Waals surface area contributed by atoms with E-state index >= 15 is 0 Å². The summed E-state index contributed by atoms with van der Waals surface area (Å²) in [6, 6.07) is 7.19. The van der Waals surface area contributed by atoms with Crippen LogP contribution in [0.15, 0.2) is 30.3 Å². The molecule has 1 aromatic rings. The van der Waals surface area contributed by atoms with E-state index in [9.17, 15) is 19.5 Å². The van der Waals surface area contributed by atoms with E-state index in [1.54, 1.807) is 30.3 Å². The maximum absolute atomic E-state index is 12.3. The minimum absolute atomic E-state index is 0.119. The topological polar surface area (TPSA) is 130 Å². The second kappa shape index (κ2) is 6.96. The molecule has 0 aliphatic carbocycles. The Bertz CT molecular complexity index is 531. The van der Waals surface area contributed by atoms with Crippen molar-refractivity contribution in [2.75, 3.05) is 7.05 Å². The molecule has 0 saturated heterocycles. The van der Waals surface area contributed by atoms with Gasteiger partial charge < -0.3 is 15.9 Å². The molecule has 0 amide bonds. The lowest BCUT2D eigenvalue weighted by Crippen LogP contribution is -2.63. The van der Waals surface area contributed by atoms with Crippen LogP contribution in [0.5, 0.6) is 0 Å². The van der Waals surface area contributed by atoms with Gasteiger partial charge in [0, 0.05) is 6.42 Å². The van der Waals surface area contributed by atoms with Gasteiger partial charge >= 0.3 is 11.9 Å². The predicted octanol–water partition coefficient (Wildman–Crippen LogP) is -0.357. The molecule has 0 radical (unpaired) electrons. The van der Waals surface area contributed by atoms with Crippen molar-refractivity contribution in [2.45, 2.75) is 24.4 Å². The number of rotatable bonds is 8. The molecule has 1 aromatic carbocycles. The zero-order valence-electron chi connectivity index (χ0n) is 11.6. The summed E-state index contributed by atoms with van der Waals surface area (Å²) < 4.78 is 0. The first kappa shape index (κ1) is 16.8. The minimum atomic E-state index is -1.95. The van der Waals surface area contributed by atoms with Gasteiger partial charge in [0.05, 0.1) is 12.5 Å². The Morgan fingerprint density at radius 1 is 1.24 bits per heavy atom. The highest BCUT2D eigenvalue weighted by Crippen LogP contribution is 2.18. The Labute approximate surface area is 121 Å². The van der Waals surface area contributed by atoms with Crippen molar-refractivity contribution in [3.8, 4) is 0 Å². The van der Waals surface area contributed by atoms with Crippen molar-refractivity contribution in [2.24, 2.45) is 5.73 Å². The Hall–Kier alpha value is -2.25. The van der Waals surface area contributed by atoms with Crippen LogP contribution < -0.4 is 11.1 Å². The maximum atomic E-state index is 12.3. The first-order chi connectivity index (χ1) is 9.83. The van der Waals surface area contributed by atoms with Crippen molar-refractivity contribution < 1.29 is 24.6 Å². The van der Waals surface area contributed by atoms with Crippen LogP contribution in [0.2, 0.25) is 0 Å². The molecule has 0 unspecified atom stereocenters. The monoisotopic (exact) mass is 294 g/mol. The summed E-state index contributed by atoms with van der Waals surface area (Å²) in [7, 11) is 1.34. The Morgan fingerprint density at radius 2 is 1.81 bits per heavy atom. The second-order valence-electron chi connectivity index (χ2n) is 4.69. The molecule has 0 fully saturated rings. The van der Waals surface area contributed by atoms with E-state index in [0.717, 1.165) is 0 Å². The standard InChI is InChI=1S/C14H18N2O5/c1-16-14(13(20)21,8-9-5-3-2-4-6-9)12(19)10(15)7-11(17)18/h2-6,10,16H,7-8,15H2,1H3,(H,17,18)(H,20,21)/t10-,14+/m0/s1. The molecule has 0 bridgehead atoms. The molecule has 7 nitrogen and oxygen atoms in total. The molecule has 0 aliphatic rings. The Morgan fingerprint density at radius 3 is 2.24 bits per heavy atom. The molecule has 1 rings (SSSR count).